The molecule has 0 aromatic heterocycles. The lowest BCUT2D eigenvalue weighted by molar-refractivity contribution is -0.0328. The highest BCUT2D eigenvalue weighted by atomic mass is 79.9. The third-order valence-electron chi connectivity index (χ3n) is 1.34. The van der Waals surface area contributed by atoms with Crippen molar-refractivity contribution in [2.24, 2.45) is 5.41 Å². The minimum absolute atomic E-state index is 0. The maximum atomic E-state index is 8.50. The summed E-state index contributed by atoms with van der Waals surface area (Å²) in [7, 11) is 0. The van der Waals surface area contributed by atoms with E-state index in [9.17, 15) is 0 Å². The first-order chi connectivity index (χ1) is 4.24. The highest BCUT2D eigenvalue weighted by Gasteiger charge is 2.26. The Kier molecular flexibility index (Phi) is 14.4. The molecule has 0 aliphatic rings. The number of aliphatic hydroxyl groups is 4. The third-order valence-corrected chi connectivity index (χ3v) is 1.34. The molecule has 0 aromatic rings. The number of hydrogen-bond acceptors (Lipinski definition) is 4. The summed E-state index contributed by atoms with van der Waals surface area (Å²) in [6, 6.07) is 0. The van der Waals surface area contributed by atoms with Gasteiger partial charge in [-0.3, -0.25) is 0 Å². The fourth-order valence-electron chi connectivity index (χ4n) is 0.300. The van der Waals surface area contributed by atoms with Gasteiger partial charge in [-0.05, 0) is 0 Å². The van der Waals surface area contributed by atoms with E-state index in [1.807, 2.05) is 0 Å². The Morgan fingerprint density at radius 1 is 0.636 bits per heavy atom. The van der Waals surface area contributed by atoms with E-state index in [4.69, 9.17) is 20.4 Å². The first kappa shape index (κ1) is 17.8. The minimum atomic E-state index is -1.11. The van der Waals surface area contributed by atoms with Gasteiger partial charge in [0.25, 0.3) is 0 Å². The van der Waals surface area contributed by atoms with E-state index in [2.05, 4.69) is 0 Å². The van der Waals surface area contributed by atoms with E-state index in [-0.39, 0.29) is 34.0 Å². The second kappa shape index (κ2) is 8.89. The van der Waals surface area contributed by atoms with Gasteiger partial charge in [0.05, 0.1) is 31.8 Å². The van der Waals surface area contributed by atoms with Crippen LogP contribution in [0.2, 0.25) is 0 Å². The van der Waals surface area contributed by atoms with Gasteiger partial charge in [0.15, 0.2) is 0 Å². The van der Waals surface area contributed by atoms with E-state index >= 15 is 0 Å². The van der Waals surface area contributed by atoms with Gasteiger partial charge in [0.2, 0.25) is 0 Å². The molecule has 0 aliphatic heterocycles. The van der Waals surface area contributed by atoms with Crippen LogP contribution in [0, 0.1) is 5.41 Å². The molecule has 0 aromatic carbocycles. The van der Waals surface area contributed by atoms with Crippen LogP contribution >= 0.6 is 34.0 Å². The molecule has 6 heteroatoms. The van der Waals surface area contributed by atoms with Gasteiger partial charge in [-0.15, -0.1) is 34.0 Å². The topological polar surface area (TPSA) is 80.9 Å². The Hall–Kier alpha value is 0.800. The van der Waals surface area contributed by atoms with Crippen LogP contribution in [0.3, 0.4) is 0 Å². The molecule has 0 saturated carbocycles. The van der Waals surface area contributed by atoms with Gasteiger partial charge in [-0.25, -0.2) is 0 Å². The first-order valence-corrected chi connectivity index (χ1v) is 2.68. The number of aliphatic hydroxyl groups excluding tert-OH is 4. The minimum Gasteiger partial charge on any atom is -0.396 e. The molecule has 72 valence electrons. The third kappa shape index (κ3) is 5.10. The molecule has 0 rings (SSSR count). The molecule has 0 unspecified atom stereocenters. The molecule has 0 atom stereocenters. The second-order valence-corrected chi connectivity index (χ2v) is 2.13. The van der Waals surface area contributed by atoms with Crippen molar-refractivity contribution in [1.82, 2.24) is 0 Å². The Morgan fingerprint density at radius 2 is 0.818 bits per heavy atom. The second-order valence-electron chi connectivity index (χ2n) is 2.13. The van der Waals surface area contributed by atoms with Crippen molar-refractivity contribution in [2.45, 2.75) is 0 Å². The maximum Gasteiger partial charge on any atom is 0.0627 e. The van der Waals surface area contributed by atoms with Crippen molar-refractivity contribution in [3.8, 4) is 0 Å². The molecular formula is C5H14Br2O4. The van der Waals surface area contributed by atoms with Crippen molar-refractivity contribution < 1.29 is 20.4 Å². The zero-order chi connectivity index (χ0) is 7.33. The van der Waals surface area contributed by atoms with Crippen molar-refractivity contribution in [3.05, 3.63) is 0 Å². The fourth-order valence-corrected chi connectivity index (χ4v) is 0.300. The summed E-state index contributed by atoms with van der Waals surface area (Å²) in [5.74, 6) is 0. The van der Waals surface area contributed by atoms with E-state index in [0.717, 1.165) is 0 Å². The Morgan fingerprint density at radius 3 is 0.818 bits per heavy atom. The normalized spacial score (nSPS) is 9.82. The Labute approximate surface area is 86.4 Å². The molecule has 4 nitrogen and oxygen atoms in total. The lowest BCUT2D eigenvalue weighted by Crippen LogP contribution is -2.37. The van der Waals surface area contributed by atoms with Crippen molar-refractivity contribution in [1.29, 1.82) is 0 Å². The SMILES string of the molecule is Br.Br.OCC(CO)(CO)CO. The Balaban J connectivity index is -0.000000320. The molecule has 0 aliphatic carbocycles. The van der Waals surface area contributed by atoms with Crippen molar-refractivity contribution >= 4 is 34.0 Å². The molecular weight excluding hydrogens is 284 g/mol. The van der Waals surface area contributed by atoms with Crippen LogP contribution in [0.1, 0.15) is 0 Å². The van der Waals surface area contributed by atoms with Gasteiger partial charge in [0.1, 0.15) is 0 Å². The average Bonchev–Trinajstić information content (AvgIpc) is 1.95. The molecule has 0 radical (unpaired) electrons. The Bertz CT molecular complexity index is 59.4. The average molecular weight is 298 g/mol. The molecule has 0 amide bonds. The van der Waals surface area contributed by atoms with Gasteiger partial charge in [0, 0.05) is 0 Å². The fraction of sp³-hybridized carbons (Fsp3) is 1.00. The predicted molar refractivity (Wildman–Crippen MR) is 51.4 cm³/mol. The van der Waals surface area contributed by atoms with Gasteiger partial charge in [-0.1, -0.05) is 0 Å². The standard InChI is InChI=1S/C5H12O4.2BrH/c6-1-5(2-7,3-8)4-9;;/h6-9H,1-4H2;2*1H. The molecule has 0 heterocycles. The van der Waals surface area contributed by atoms with Gasteiger partial charge < -0.3 is 20.4 Å². The lowest BCUT2D eigenvalue weighted by atomic mass is 9.93. The van der Waals surface area contributed by atoms with Crippen LogP contribution < -0.4 is 0 Å². The monoisotopic (exact) mass is 296 g/mol. The van der Waals surface area contributed by atoms with Gasteiger partial charge in [-0.2, -0.15) is 0 Å². The summed E-state index contributed by atoms with van der Waals surface area (Å²) in [6.07, 6.45) is 0. The van der Waals surface area contributed by atoms with Crippen LogP contribution in [-0.2, 0) is 0 Å². The molecule has 4 N–H and O–H groups in total. The van der Waals surface area contributed by atoms with E-state index in [1.54, 1.807) is 0 Å². The molecule has 0 spiro atoms. The predicted octanol–water partition coefficient (Wildman–Crippen LogP) is -0.902. The molecule has 11 heavy (non-hydrogen) atoms. The quantitative estimate of drug-likeness (QED) is 0.542. The van der Waals surface area contributed by atoms with Crippen LogP contribution in [0.25, 0.3) is 0 Å². The highest BCUT2D eigenvalue weighted by Crippen LogP contribution is 2.11. The highest BCUT2D eigenvalue weighted by molar-refractivity contribution is 8.93. The van der Waals surface area contributed by atoms with Crippen molar-refractivity contribution in [3.63, 3.8) is 0 Å². The van der Waals surface area contributed by atoms with Crippen LogP contribution in [0.15, 0.2) is 0 Å². The smallest absolute Gasteiger partial charge is 0.0627 e. The summed E-state index contributed by atoms with van der Waals surface area (Å²) in [5.41, 5.74) is -1.11. The van der Waals surface area contributed by atoms with Crippen LogP contribution in [-0.4, -0.2) is 46.9 Å². The van der Waals surface area contributed by atoms with E-state index < -0.39 is 31.8 Å². The zero-order valence-corrected chi connectivity index (χ0v) is 9.36. The molecule has 0 saturated heterocycles. The molecule has 0 bridgehead atoms. The summed E-state index contributed by atoms with van der Waals surface area (Å²) < 4.78 is 0. The molecule has 0 fully saturated rings. The van der Waals surface area contributed by atoms with Gasteiger partial charge >= 0.3 is 0 Å². The summed E-state index contributed by atoms with van der Waals surface area (Å²) >= 11 is 0. The van der Waals surface area contributed by atoms with E-state index in [1.165, 1.54) is 0 Å². The van der Waals surface area contributed by atoms with Crippen molar-refractivity contribution in [2.75, 3.05) is 26.4 Å². The lowest BCUT2D eigenvalue weighted by Gasteiger charge is -2.23. The van der Waals surface area contributed by atoms with Crippen LogP contribution in [0.4, 0.5) is 0 Å². The number of rotatable bonds is 4. The zero-order valence-electron chi connectivity index (χ0n) is 5.93. The van der Waals surface area contributed by atoms with Crippen LogP contribution in [0.5, 0.6) is 0 Å². The summed E-state index contributed by atoms with van der Waals surface area (Å²) in [6.45, 7) is -1.62. The number of halogens is 2. The number of hydrogen-bond donors (Lipinski definition) is 4. The van der Waals surface area contributed by atoms with E-state index in [0.29, 0.717) is 0 Å². The first-order valence-electron chi connectivity index (χ1n) is 2.68. The maximum absolute atomic E-state index is 8.50. The summed E-state index contributed by atoms with van der Waals surface area (Å²) in [4.78, 5) is 0. The summed E-state index contributed by atoms with van der Waals surface area (Å²) in [5, 5.41) is 34.0. The largest absolute Gasteiger partial charge is 0.396 e.